The van der Waals surface area contributed by atoms with Gasteiger partial charge in [0.2, 0.25) is 5.58 Å². The number of hydrogen-bond donors (Lipinski definition) is 2. The van der Waals surface area contributed by atoms with Crippen LogP contribution >= 0.6 is 39.1 Å². The predicted molar refractivity (Wildman–Crippen MR) is 127 cm³/mol. The minimum atomic E-state index is -0.416. The highest BCUT2D eigenvalue weighted by Crippen LogP contribution is 2.32. The molecule has 0 aliphatic heterocycles. The number of hydrogen-bond acceptors (Lipinski definition) is 5. The Morgan fingerprint density at radius 3 is 2.72 bits per heavy atom. The number of carbonyl (C=O) groups is 1. The van der Waals surface area contributed by atoms with Gasteiger partial charge >= 0.3 is 0 Å². The lowest BCUT2D eigenvalue weighted by atomic mass is 10.1. The smallest absolute Gasteiger partial charge is 0.294 e. The minimum absolute atomic E-state index is 0.137. The van der Waals surface area contributed by atoms with E-state index in [1.54, 1.807) is 30.3 Å². The number of amides is 1. The zero-order valence-corrected chi connectivity index (χ0v) is 19.0. The first-order valence-electron chi connectivity index (χ1n) is 9.24. The molecular weight excluding hydrogens is 519 g/mol. The molecular formula is C22H11BrCl2N4O3. The van der Waals surface area contributed by atoms with Gasteiger partial charge in [0.1, 0.15) is 22.1 Å². The van der Waals surface area contributed by atoms with E-state index < -0.39 is 5.56 Å². The fourth-order valence-electron chi connectivity index (χ4n) is 3.29. The van der Waals surface area contributed by atoms with Gasteiger partial charge in [0.05, 0.1) is 5.02 Å². The van der Waals surface area contributed by atoms with Crippen LogP contribution in [0, 0.1) is 0 Å². The zero-order chi connectivity index (χ0) is 22.4. The molecule has 5 rings (SSSR count). The molecule has 32 heavy (non-hydrogen) atoms. The van der Waals surface area contributed by atoms with Crippen LogP contribution in [0.3, 0.4) is 0 Å². The second-order valence-corrected chi connectivity index (χ2v) is 8.56. The second kappa shape index (κ2) is 8.05. The second-order valence-electron chi connectivity index (χ2n) is 6.85. The first kappa shape index (κ1) is 20.7. The summed E-state index contributed by atoms with van der Waals surface area (Å²) in [5, 5.41) is 3.97. The average molecular weight is 530 g/mol. The minimum Gasteiger partial charge on any atom is -0.449 e. The monoisotopic (exact) mass is 528 g/mol. The van der Waals surface area contributed by atoms with E-state index in [4.69, 9.17) is 27.6 Å². The average Bonchev–Trinajstić information content (AvgIpc) is 3.12. The number of nitrogens with zero attached hydrogens (tertiary/aromatic N) is 2. The number of carbonyl (C=O) groups excluding carboxylic acids is 1. The lowest BCUT2D eigenvalue weighted by Gasteiger charge is -2.09. The van der Waals surface area contributed by atoms with Crippen molar-refractivity contribution in [2.24, 2.45) is 0 Å². The van der Waals surface area contributed by atoms with Gasteiger partial charge in [-0.25, -0.2) is 9.97 Å². The number of furan rings is 1. The van der Waals surface area contributed by atoms with Gasteiger partial charge in [-0.3, -0.25) is 9.59 Å². The summed E-state index contributed by atoms with van der Waals surface area (Å²) in [7, 11) is 0. The number of halogens is 3. The molecule has 0 spiro atoms. The number of anilines is 1. The first-order chi connectivity index (χ1) is 15.4. The molecule has 10 heteroatoms. The van der Waals surface area contributed by atoms with Crippen LogP contribution < -0.4 is 10.9 Å². The molecule has 7 nitrogen and oxygen atoms in total. The molecule has 0 saturated carbocycles. The van der Waals surface area contributed by atoms with Gasteiger partial charge in [-0.05, 0) is 48.5 Å². The Labute approximate surface area is 198 Å². The van der Waals surface area contributed by atoms with E-state index in [1.807, 2.05) is 12.1 Å². The summed E-state index contributed by atoms with van der Waals surface area (Å²) in [6.45, 7) is 0. The van der Waals surface area contributed by atoms with Crippen molar-refractivity contribution in [1.82, 2.24) is 15.0 Å². The van der Waals surface area contributed by atoms with Crippen LogP contribution in [0.2, 0.25) is 10.2 Å². The summed E-state index contributed by atoms with van der Waals surface area (Å²) in [5.74, 6) is -0.0736. The number of pyridine rings is 1. The molecule has 3 aromatic heterocycles. The SMILES string of the molecule is O=C(Nc1ccc(-c2nc3c(oc4ccc(Br)cc43)c(=O)[nH]2)c(Cl)c1)c1ccnc(Cl)c1. The zero-order valence-electron chi connectivity index (χ0n) is 15.9. The summed E-state index contributed by atoms with van der Waals surface area (Å²) < 4.78 is 6.49. The molecule has 2 N–H and O–H groups in total. The number of aromatic amines is 1. The van der Waals surface area contributed by atoms with Crippen molar-refractivity contribution in [3.63, 3.8) is 0 Å². The van der Waals surface area contributed by atoms with E-state index in [0.29, 0.717) is 38.3 Å². The highest BCUT2D eigenvalue weighted by Gasteiger charge is 2.16. The van der Waals surface area contributed by atoms with Gasteiger partial charge in [0, 0.05) is 32.9 Å². The molecule has 0 aliphatic rings. The van der Waals surface area contributed by atoms with Crippen molar-refractivity contribution in [2.75, 3.05) is 5.32 Å². The molecule has 0 radical (unpaired) electrons. The first-order valence-corrected chi connectivity index (χ1v) is 10.8. The molecule has 0 bridgehead atoms. The Bertz CT molecular complexity index is 1600. The Balaban J connectivity index is 1.52. The molecule has 158 valence electrons. The van der Waals surface area contributed by atoms with E-state index in [-0.39, 0.29) is 22.5 Å². The van der Waals surface area contributed by atoms with Crippen LogP contribution in [0.1, 0.15) is 10.4 Å². The van der Waals surface area contributed by atoms with Crippen molar-refractivity contribution in [1.29, 1.82) is 0 Å². The van der Waals surface area contributed by atoms with Crippen LogP contribution in [0.5, 0.6) is 0 Å². The summed E-state index contributed by atoms with van der Waals surface area (Å²) >= 11 is 15.7. The van der Waals surface area contributed by atoms with Gasteiger partial charge < -0.3 is 14.7 Å². The molecule has 0 saturated heterocycles. The lowest BCUT2D eigenvalue weighted by molar-refractivity contribution is 0.102. The maximum Gasteiger partial charge on any atom is 0.294 e. The predicted octanol–water partition coefficient (Wildman–Crippen LogP) is 6.05. The molecule has 3 heterocycles. The number of aromatic nitrogens is 3. The summed E-state index contributed by atoms with van der Waals surface area (Å²) in [4.78, 5) is 36.2. The lowest BCUT2D eigenvalue weighted by Crippen LogP contribution is -2.12. The van der Waals surface area contributed by atoms with Gasteiger partial charge in [0.15, 0.2) is 0 Å². The standard InChI is InChI=1S/C22H11BrCl2N4O3/c23-11-1-4-16-14(8-11)18-19(32-16)22(31)29-20(28-18)13-3-2-12(9-15(13)24)27-21(30)10-5-6-26-17(25)7-10/h1-9H,(H,27,30)(H,28,29,31). The van der Waals surface area contributed by atoms with Crippen LogP contribution in [-0.4, -0.2) is 20.9 Å². The van der Waals surface area contributed by atoms with Crippen molar-refractivity contribution < 1.29 is 9.21 Å². The van der Waals surface area contributed by atoms with Crippen molar-refractivity contribution >= 4 is 72.8 Å². The molecule has 5 aromatic rings. The van der Waals surface area contributed by atoms with Crippen LogP contribution in [0.4, 0.5) is 5.69 Å². The van der Waals surface area contributed by atoms with Crippen LogP contribution in [0.15, 0.2) is 68.4 Å². The van der Waals surface area contributed by atoms with Crippen molar-refractivity contribution in [2.45, 2.75) is 0 Å². The van der Waals surface area contributed by atoms with E-state index in [1.165, 1.54) is 12.3 Å². The molecule has 2 aromatic carbocycles. The Kier molecular flexibility index (Phi) is 5.21. The topological polar surface area (TPSA) is 101 Å². The summed E-state index contributed by atoms with van der Waals surface area (Å²) in [5.41, 5.74) is 2.04. The summed E-state index contributed by atoms with van der Waals surface area (Å²) in [6.07, 6.45) is 1.45. The maximum absolute atomic E-state index is 12.6. The van der Waals surface area contributed by atoms with E-state index in [0.717, 1.165) is 4.47 Å². The van der Waals surface area contributed by atoms with Crippen LogP contribution in [0.25, 0.3) is 33.5 Å². The van der Waals surface area contributed by atoms with Gasteiger partial charge in [-0.15, -0.1) is 0 Å². The van der Waals surface area contributed by atoms with E-state index in [2.05, 4.69) is 36.2 Å². The van der Waals surface area contributed by atoms with E-state index >= 15 is 0 Å². The number of rotatable bonds is 3. The fraction of sp³-hybridized carbons (Fsp3) is 0. The largest absolute Gasteiger partial charge is 0.449 e. The molecule has 0 fully saturated rings. The number of benzene rings is 2. The van der Waals surface area contributed by atoms with Crippen molar-refractivity contribution in [3.05, 3.63) is 85.3 Å². The highest BCUT2D eigenvalue weighted by atomic mass is 79.9. The molecule has 0 atom stereocenters. The van der Waals surface area contributed by atoms with Gasteiger partial charge in [0.25, 0.3) is 11.5 Å². The molecule has 0 aliphatic carbocycles. The van der Waals surface area contributed by atoms with E-state index in [9.17, 15) is 9.59 Å². The molecule has 0 unspecified atom stereocenters. The normalized spacial score (nSPS) is 11.2. The Morgan fingerprint density at radius 2 is 1.94 bits per heavy atom. The van der Waals surface area contributed by atoms with Gasteiger partial charge in [-0.1, -0.05) is 39.1 Å². The third-order valence-electron chi connectivity index (χ3n) is 4.76. The Morgan fingerprint density at radius 1 is 1.09 bits per heavy atom. The maximum atomic E-state index is 12.6. The summed E-state index contributed by atoms with van der Waals surface area (Å²) in [6, 6.07) is 13.3. The third kappa shape index (κ3) is 3.77. The van der Waals surface area contributed by atoms with Crippen molar-refractivity contribution in [3.8, 4) is 11.4 Å². The fourth-order valence-corrected chi connectivity index (χ4v) is 4.09. The third-order valence-corrected chi connectivity index (χ3v) is 5.77. The number of fused-ring (bicyclic) bond motifs is 3. The Hall–Kier alpha value is -3.20. The highest BCUT2D eigenvalue weighted by molar-refractivity contribution is 9.10. The number of H-pyrrole nitrogens is 1. The quantitative estimate of drug-likeness (QED) is 0.277. The molecule has 1 amide bonds. The number of nitrogens with one attached hydrogen (secondary N) is 2. The van der Waals surface area contributed by atoms with Gasteiger partial charge in [-0.2, -0.15) is 0 Å². The van der Waals surface area contributed by atoms with Crippen LogP contribution in [-0.2, 0) is 0 Å².